The van der Waals surface area contributed by atoms with Crippen LogP contribution in [0, 0.1) is 5.92 Å². The molecule has 1 aliphatic rings. The molecular formula is C5H11FNP. The van der Waals surface area contributed by atoms with Crippen LogP contribution in [0.3, 0.4) is 0 Å². The van der Waals surface area contributed by atoms with Gasteiger partial charge in [-0.3, -0.25) is 0 Å². The third-order valence-corrected chi connectivity index (χ3v) is 2.09. The van der Waals surface area contributed by atoms with Crippen LogP contribution in [0.5, 0.6) is 0 Å². The standard InChI is InChI=1S/C5H11FNP/c1-7-2-4(3-7)5(6)8/h4-5H,2-3,8H2,1H3. The Labute approximate surface area is 51.4 Å². The maximum atomic E-state index is 12.3. The quantitative estimate of drug-likeness (QED) is 0.479. The van der Waals surface area contributed by atoms with E-state index in [-0.39, 0.29) is 5.92 Å². The van der Waals surface area contributed by atoms with Crippen LogP contribution in [0.25, 0.3) is 0 Å². The van der Waals surface area contributed by atoms with Gasteiger partial charge in [0.1, 0.15) is 5.91 Å². The molecule has 3 heteroatoms. The van der Waals surface area contributed by atoms with E-state index in [0.29, 0.717) is 0 Å². The molecule has 1 heterocycles. The smallest absolute Gasteiger partial charge is 0.118 e. The van der Waals surface area contributed by atoms with Gasteiger partial charge in [-0.25, -0.2) is 4.39 Å². The second-order valence-corrected chi connectivity index (χ2v) is 3.06. The summed E-state index contributed by atoms with van der Waals surface area (Å²) in [7, 11) is 4.20. The van der Waals surface area contributed by atoms with Crippen molar-refractivity contribution in [3.8, 4) is 0 Å². The van der Waals surface area contributed by atoms with Gasteiger partial charge in [-0.2, -0.15) is 0 Å². The number of rotatable bonds is 1. The molecular weight excluding hydrogens is 124 g/mol. The molecule has 0 amide bonds. The van der Waals surface area contributed by atoms with Crippen LogP contribution in [0.2, 0.25) is 0 Å². The van der Waals surface area contributed by atoms with Crippen LogP contribution in [-0.2, 0) is 0 Å². The summed E-state index contributed by atoms with van der Waals surface area (Å²) in [5.74, 6) is -0.406. The highest BCUT2D eigenvalue weighted by Crippen LogP contribution is 2.23. The SMILES string of the molecule is CN1CC(C(F)P)C1. The van der Waals surface area contributed by atoms with Gasteiger partial charge in [-0.05, 0) is 7.05 Å². The van der Waals surface area contributed by atoms with E-state index in [9.17, 15) is 4.39 Å². The van der Waals surface area contributed by atoms with Gasteiger partial charge >= 0.3 is 0 Å². The van der Waals surface area contributed by atoms with E-state index in [4.69, 9.17) is 0 Å². The molecule has 0 radical (unpaired) electrons. The molecule has 2 unspecified atom stereocenters. The third-order valence-electron chi connectivity index (χ3n) is 1.54. The first-order valence-corrected chi connectivity index (χ1v) is 3.45. The zero-order valence-electron chi connectivity index (χ0n) is 4.97. The van der Waals surface area contributed by atoms with Gasteiger partial charge in [0.05, 0.1) is 0 Å². The lowest BCUT2D eigenvalue weighted by Crippen LogP contribution is -2.46. The van der Waals surface area contributed by atoms with E-state index in [1.165, 1.54) is 0 Å². The lowest BCUT2D eigenvalue weighted by molar-refractivity contribution is 0.0962. The minimum absolute atomic E-state index is 0.282. The molecule has 1 saturated heterocycles. The van der Waals surface area contributed by atoms with Crippen LogP contribution in [0.4, 0.5) is 4.39 Å². The number of nitrogens with zero attached hydrogens (tertiary/aromatic N) is 1. The summed E-state index contributed by atoms with van der Waals surface area (Å²) in [6.07, 6.45) is 0. The fourth-order valence-electron chi connectivity index (χ4n) is 0.949. The third kappa shape index (κ3) is 1.18. The Balaban J connectivity index is 2.15. The Hall–Kier alpha value is 0.320. The molecule has 1 rings (SSSR count). The normalized spacial score (nSPS) is 27.4. The highest BCUT2D eigenvalue weighted by Gasteiger charge is 2.27. The van der Waals surface area contributed by atoms with Crippen molar-refractivity contribution >= 4 is 9.24 Å². The zero-order valence-corrected chi connectivity index (χ0v) is 6.13. The average molecular weight is 135 g/mol. The lowest BCUT2D eigenvalue weighted by Gasteiger charge is -2.36. The number of alkyl halides is 1. The Morgan fingerprint density at radius 2 is 2.25 bits per heavy atom. The summed E-state index contributed by atoms with van der Waals surface area (Å²) in [5, 5.41) is 0. The van der Waals surface area contributed by atoms with E-state index in [0.717, 1.165) is 13.1 Å². The molecule has 1 fully saturated rings. The maximum absolute atomic E-state index is 12.3. The Morgan fingerprint density at radius 1 is 1.75 bits per heavy atom. The van der Waals surface area contributed by atoms with E-state index < -0.39 is 5.91 Å². The van der Waals surface area contributed by atoms with E-state index >= 15 is 0 Å². The van der Waals surface area contributed by atoms with E-state index in [2.05, 4.69) is 14.1 Å². The summed E-state index contributed by atoms with van der Waals surface area (Å²) in [6.45, 7) is 1.84. The van der Waals surface area contributed by atoms with Crippen molar-refractivity contribution in [3.05, 3.63) is 0 Å². The van der Waals surface area contributed by atoms with Crippen LogP contribution in [-0.4, -0.2) is 30.9 Å². The molecule has 0 saturated carbocycles. The fraction of sp³-hybridized carbons (Fsp3) is 1.00. The predicted molar refractivity (Wildman–Crippen MR) is 35.6 cm³/mol. The minimum atomic E-state index is -0.689. The number of halogens is 1. The van der Waals surface area contributed by atoms with Crippen molar-refractivity contribution in [2.45, 2.75) is 5.91 Å². The summed E-state index contributed by atoms with van der Waals surface area (Å²) >= 11 is 0. The minimum Gasteiger partial charge on any atom is -0.305 e. The van der Waals surface area contributed by atoms with Crippen LogP contribution in [0.15, 0.2) is 0 Å². The topological polar surface area (TPSA) is 3.24 Å². The first-order chi connectivity index (χ1) is 3.70. The molecule has 0 spiro atoms. The molecule has 0 aliphatic carbocycles. The van der Waals surface area contributed by atoms with Crippen molar-refractivity contribution in [2.24, 2.45) is 5.92 Å². The highest BCUT2D eigenvalue weighted by molar-refractivity contribution is 7.17. The molecule has 2 atom stereocenters. The zero-order chi connectivity index (χ0) is 6.15. The van der Waals surface area contributed by atoms with Gasteiger partial charge in [-0.15, -0.1) is 9.24 Å². The van der Waals surface area contributed by atoms with E-state index in [1.54, 1.807) is 0 Å². The van der Waals surface area contributed by atoms with Crippen LogP contribution < -0.4 is 0 Å². The van der Waals surface area contributed by atoms with Crippen molar-refractivity contribution in [2.75, 3.05) is 20.1 Å². The van der Waals surface area contributed by atoms with Gasteiger partial charge in [0.2, 0.25) is 0 Å². The van der Waals surface area contributed by atoms with Gasteiger partial charge in [0.25, 0.3) is 0 Å². The van der Waals surface area contributed by atoms with E-state index in [1.807, 2.05) is 7.05 Å². The molecule has 1 aliphatic heterocycles. The number of likely N-dealkylation sites (tertiary alicyclic amines) is 1. The second kappa shape index (κ2) is 2.28. The molecule has 48 valence electrons. The Morgan fingerprint density at radius 3 is 2.38 bits per heavy atom. The van der Waals surface area contributed by atoms with Crippen molar-refractivity contribution in [3.63, 3.8) is 0 Å². The largest absolute Gasteiger partial charge is 0.305 e. The number of hydrogen-bond acceptors (Lipinski definition) is 1. The van der Waals surface area contributed by atoms with Crippen LogP contribution >= 0.6 is 9.24 Å². The lowest BCUT2D eigenvalue weighted by atomic mass is 10.0. The molecule has 0 aromatic carbocycles. The van der Waals surface area contributed by atoms with Gasteiger partial charge < -0.3 is 4.90 Å². The first kappa shape index (κ1) is 6.44. The van der Waals surface area contributed by atoms with Crippen LogP contribution in [0.1, 0.15) is 0 Å². The average Bonchev–Trinajstić information content (AvgIpc) is 1.57. The summed E-state index contributed by atoms with van der Waals surface area (Å²) in [5.41, 5.74) is 0. The van der Waals surface area contributed by atoms with Crippen molar-refractivity contribution < 1.29 is 4.39 Å². The van der Waals surface area contributed by atoms with Crippen molar-refractivity contribution in [1.29, 1.82) is 0 Å². The Kier molecular flexibility index (Phi) is 1.84. The number of hydrogen-bond donors (Lipinski definition) is 0. The molecule has 0 bridgehead atoms. The molecule has 0 N–H and O–H groups in total. The monoisotopic (exact) mass is 135 g/mol. The predicted octanol–water partition coefficient (Wildman–Crippen LogP) is 0.719. The molecule has 8 heavy (non-hydrogen) atoms. The summed E-state index contributed by atoms with van der Waals surface area (Å²) < 4.78 is 12.3. The van der Waals surface area contributed by atoms with Gasteiger partial charge in [0, 0.05) is 19.0 Å². The first-order valence-electron chi connectivity index (χ1n) is 2.78. The highest BCUT2D eigenvalue weighted by atomic mass is 31.0. The fourth-order valence-corrected chi connectivity index (χ4v) is 1.19. The van der Waals surface area contributed by atoms with Crippen molar-refractivity contribution in [1.82, 2.24) is 4.90 Å². The Bertz CT molecular complexity index is 80.5. The maximum Gasteiger partial charge on any atom is 0.118 e. The summed E-state index contributed by atoms with van der Waals surface area (Å²) in [6, 6.07) is 0. The van der Waals surface area contributed by atoms with Gasteiger partial charge in [0.15, 0.2) is 0 Å². The molecule has 0 aromatic rings. The molecule has 0 aromatic heterocycles. The summed E-state index contributed by atoms with van der Waals surface area (Å²) in [4.78, 5) is 2.11. The second-order valence-electron chi connectivity index (χ2n) is 2.43. The molecule has 1 nitrogen and oxygen atoms in total. The van der Waals surface area contributed by atoms with Gasteiger partial charge in [-0.1, -0.05) is 0 Å².